The van der Waals surface area contributed by atoms with Gasteiger partial charge in [-0.25, -0.2) is 0 Å². The van der Waals surface area contributed by atoms with Crippen LogP contribution in [0.4, 0.5) is 0 Å². The molecule has 5 rings (SSSR count). The summed E-state index contributed by atoms with van der Waals surface area (Å²) in [5.74, 6) is 1.37. The van der Waals surface area contributed by atoms with E-state index in [2.05, 4.69) is 24.0 Å². The second-order valence-electron chi connectivity index (χ2n) is 7.92. The van der Waals surface area contributed by atoms with Gasteiger partial charge in [0, 0.05) is 40.9 Å². The van der Waals surface area contributed by atoms with Gasteiger partial charge in [-0.05, 0) is 49.6 Å². The predicted molar refractivity (Wildman–Crippen MR) is 118 cm³/mol. The Kier molecular flexibility index (Phi) is 5.00. The van der Waals surface area contributed by atoms with Crippen LogP contribution in [0.15, 0.2) is 36.7 Å². The maximum absolute atomic E-state index is 9.62. The lowest BCUT2D eigenvalue weighted by atomic mass is 10.0. The summed E-state index contributed by atoms with van der Waals surface area (Å²) in [7, 11) is 1.69. The number of fused-ring (bicyclic) bond motifs is 2. The van der Waals surface area contributed by atoms with Crippen molar-refractivity contribution < 1.29 is 14.2 Å². The second-order valence-corrected chi connectivity index (χ2v) is 7.92. The first-order valence-corrected chi connectivity index (χ1v) is 10.5. The first kappa shape index (κ1) is 19.5. The van der Waals surface area contributed by atoms with Crippen molar-refractivity contribution in [1.29, 1.82) is 5.26 Å². The van der Waals surface area contributed by atoms with Gasteiger partial charge in [-0.15, -0.1) is 0 Å². The molecular weight excluding hydrogens is 392 g/mol. The molecule has 1 fully saturated rings. The van der Waals surface area contributed by atoms with Crippen molar-refractivity contribution >= 4 is 21.8 Å². The Labute approximate surface area is 180 Å². The van der Waals surface area contributed by atoms with E-state index in [9.17, 15) is 5.26 Å². The highest BCUT2D eigenvalue weighted by atomic mass is 16.5. The minimum Gasteiger partial charge on any atom is -0.496 e. The van der Waals surface area contributed by atoms with Crippen molar-refractivity contribution in [2.75, 3.05) is 20.3 Å². The summed E-state index contributed by atoms with van der Waals surface area (Å²) in [5.41, 5.74) is 4.47. The van der Waals surface area contributed by atoms with Crippen molar-refractivity contribution in [1.82, 2.24) is 14.8 Å². The number of methoxy groups -OCH3 is 1. The molecule has 0 bridgehead atoms. The Morgan fingerprint density at radius 2 is 2.26 bits per heavy atom. The fraction of sp³-hybridized carbons (Fsp3) is 0.333. The van der Waals surface area contributed by atoms with Crippen LogP contribution >= 0.6 is 0 Å². The van der Waals surface area contributed by atoms with Gasteiger partial charge in [-0.1, -0.05) is 0 Å². The molecule has 0 radical (unpaired) electrons. The van der Waals surface area contributed by atoms with E-state index in [1.54, 1.807) is 13.2 Å². The number of hydrogen-bond acceptors (Lipinski definition) is 5. The van der Waals surface area contributed by atoms with Crippen molar-refractivity contribution in [2.45, 2.75) is 32.4 Å². The van der Waals surface area contributed by atoms with Crippen LogP contribution in [0.1, 0.15) is 29.5 Å². The van der Waals surface area contributed by atoms with Crippen LogP contribution < -0.4 is 9.47 Å². The molecule has 7 heteroatoms. The number of ether oxygens (including phenoxy) is 3. The summed E-state index contributed by atoms with van der Waals surface area (Å²) >= 11 is 0. The Bertz CT molecular complexity index is 1290. The van der Waals surface area contributed by atoms with E-state index in [0.29, 0.717) is 30.0 Å². The van der Waals surface area contributed by atoms with Gasteiger partial charge in [-0.2, -0.15) is 10.4 Å². The first-order chi connectivity index (χ1) is 15.2. The largest absolute Gasteiger partial charge is 0.496 e. The summed E-state index contributed by atoms with van der Waals surface area (Å²) in [4.78, 5) is 3.31. The van der Waals surface area contributed by atoms with E-state index in [-0.39, 0.29) is 6.10 Å². The molecule has 31 heavy (non-hydrogen) atoms. The molecule has 2 aromatic carbocycles. The smallest absolute Gasteiger partial charge is 0.165 e. The van der Waals surface area contributed by atoms with Crippen LogP contribution in [0.2, 0.25) is 0 Å². The summed E-state index contributed by atoms with van der Waals surface area (Å²) in [6.07, 6.45) is 5.73. The van der Waals surface area contributed by atoms with Gasteiger partial charge in [0.05, 0.1) is 25.8 Å². The maximum atomic E-state index is 9.62. The first-order valence-electron chi connectivity index (χ1n) is 10.5. The minimum absolute atomic E-state index is 0.0618. The average Bonchev–Trinajstić information content (AvgIpc) is 3.44. The number of nitrogens with one attached hydrogen (secondary N) is 1. The predicted octanol–water partition coefficient (Wildman–Crippen LogP) is 4.31. The standard InChI is InChI=1S/C24H24N4O3/c1-15-10-21(29-2)20(19-7-8-26-22(15)19)13-28-12-17-6-5-16(11-25)24(23(17)27-28)31-18-4-3-9-30-14-18/h5-8,10,12,18,26H,3-4,9,13-14H2,1-2H3. The molecule has 7 nitrogen and oxygen atoms in total. The molecule has 1 saturated heterocycles. The lowest BCUT2D eigenvalue weighted by Crippen LogP contribution is -2.28. The van der Waals surface area contributed by atoms with Crippen LogP contribution in [0.3, 0.4) is 0 Å². The molecule has 158 valence electrons. The molecule has 4 aromatic rings. The average molecular weight is 416 g/mol. The highest BCUT2D eigenvalue weighted by Crippen LogP contribution is 2.33. The molecule has 3 heterocycles. The van der Waals surface area contributed by atoms with Gasteiger partial charge < -0.3 is 19.2 Å². The molecule has 0 saturated carbocycles. The minimum atomic E-state index is -0.0618. The van der Waals surface area contributed by atoms with Crippen molar-refractivity contribution in [3.05, 3.63) is 53.3 Å². The van der Waals surface area contributed by atoms with Gasteiger partial charge in [0.1, 0.15) is 23.4 Å². The fourth-order valence-electron chi connectivity index (χ4n) is 4.31. The van der Waals surface area contributed by atoms with Crippen molar-refractivity contribution in [3.8, 4) is 17.6 Å². The zero-order valence-electron chi connectivity index (χ0n) is 17.6. The number of H-pyrrole nitrogens is 1. The Balaban J connectivity index is 1.56. The Morgan fingerprint density at radius 3 is 3.03 bits per heavy atom. The number of nitrogens with zero attached hydrogens (tertiary/aromatic N) is 3. The van der Waals surface area contributed by atoms with Gasteiger partial charge in [0.2, 0.25) is 0 Å². The summed E-state index contributed by atoms with van der Waals surface area (Å²) in [5, 5.41) is 16.5. The zero-order valence-corrected chi connectivity index (χ0v) is 17.6. The number of nitriles is 1. The summed E-state index contributed by atoms with van der Waals surface area (Å²) < 4.78 is 19.3. The topological polar surface area (TPSA) is 85.1 Å². The third-order valence-corrected chi connectivity index (χ3v) is 5.85. The number of aromatic nitrogens is 3. The Hall–Kier alpha value is -3.50. The number of aryl methyl sites for hydroxylation is 1. The van der Waals surface area contributed by atoms with Crippen LogP contribution in [0, 0.1) is 18.3 Å². The SMILES string of the molecule is COc1cc(C)c2[nH]ccc2c1Cn1cc2ccc(C#N)c(OC3CCCOC3)c2n1. The van der Waals surface area contributed by atoms with E-state index in [1.165, 1.54) is 0 Å². The molecule has 1 N–H and O–H groups in total. The number of hydrogen-bond donors (Lipinski definition) is 1. The van der Waals surface area contributed by atoms with Crippen LogP contribution in [0.5, 0.6) is 11.5 Å². The third-order valence-electron chi connectivity index (χ3n) is 5.85. The molecular formula is C24H24N4O3. The third kappa shape index (κ3) is 3.49. The van der Waals surface area contributed by atoms with Gasteiger partial charge >= 0.3 is 0 Å². The van der Waals surface area contributed by atoms with Gasteiger partial charge in [-0.3, -0.25) is 4.68 Å². The van der Waals surface area contributed by atoms with Gasteiger partial charge in [0.15, 0.2) is 5.75 Å². The maximum Gasteiger partial charge on any atom is 0.165 e. The van der Waals surface area contributed by atoms with Crippen molar-refractivity contribution in [3.63, 3.8) is 0 Å². The lowest BCUT2D eigenvalue weighted by molar-refractivity contribution is 0.00788. The van der Waals surface area contributed by atoms with E-state index < -0.39 is 0 Å². The molecule has 0 aliphatic carbocycles. The normalized spacial score (nSPS) is 16.5. The molecule has 0 amide bonds. The highest BCUT2D eigenvalue weighted by molar-refractivity contribution is 5.89. The highest BCUT2D eigenvalue weighted by Gasteiger charge is 2.21. The molecule has 1 aliphatic heterocycles. The Morgan fingerprint density at radius 1 is 1.35 bits per heavy atom. The lowest BCUT2D eigenvalue weighted by Gasteiger charge is -2.23. The quantitative estimate of drug-likeness (QED) is 0.524. The summed E-state index contributed by atoms with van der Waals surface area (Å²) in [6.45, 7) is 3.90. The zero-order chi connectivity index (χ0) is 21.4. The van der Waals surface area contributed by atoms with Crippen LogP contribution in [-0.4, -0.2) is 41.2 Å². The van der Waals surface area contributed by atoms with Gasteiger partial charge in [0.25, 0.3) is 0 Å². The van der Waals surface area contributed by atoms with E-state index >= 15 is 0 Å². The van der Waals surface area contributed by atoms with E-state index in [4.69, 9.17) is 19.3 Å². The molecule has 1 atom stereocenters. The van der Waals surface area contributed by atoms with Crippen LogP contribution in [-0.2, 0) is 11.3 Å². The number of rotatable bonds is 5. The molecule has 2 aromatic heterocycles. The molecule has 1 aliphatic rings. The van der Waals surface area contributed by atoms with E-state index in [0.717, 1.165) is 52.6 Å². The summed E-state index contributed by atoms with van der Waals surface area (Å²) in [6, 6.07) is 10.1. The molecule has 1 unspecified atom stereocenters. The monoisotopic (exact) mass is 416 g/mol. The van der Waals surface area contributed by atoms with E-state index in [1.807, 2.05) is 29.2 Å². The second kappa shape index (κ2) is 7.97. The fourth-order valence-corrected chi connectivity index (χ4v) is 4.31. The number of aromatic amines is 1. The van der Waals surface area contributed by atoms with Crippen molar-refractivity contribution in [2.24, 2.45) is 0 Å². The number of benzene rings is 2. The molecule has 0 spiro atoms. The van der Waals surface area contributed by atoms with Crippen LogP contribution in [0.25, 0.3) is 21.8 Å².